The third kappa shape index (κ3) is 6.65. The van der Waals surface area contributed by atoms with Gasteiger partial charge in [0.25, 0.3) is 0 Å². The predicted octanol–water partition coefficient (Wildman–Crippen LogP) is 4.89. The third-order valence-corrected chi connectivity index (χ3v) is 6.11. The van der Waals surface area contributed by atoms with Crippen LogP contribution in [-0.2, 0) is 14.6 Å². The van der Waals surface area contributed by atoms with Crippen molar-refractivity contribution in [2.75, 3.05) is 0 Å². The fraction of sp³-hybridized carbons (Fsp3) is 0.550. The van der Waals surface area contributed by atoms with Gasteiger partial charge in [-0.1, -0.05) is 57.2 Å². The van der Waals surface area contributed by atoms with E-state index >= 15 is 0 Å². The molecular weight excluding hydrogens is 334 g/mol. The molecule has 0 aliphatic carbocycles. The highest BCUT2D eigenvalue weighted by Crippen LogP contribution is 2.26. The summed E-state index contributed by atoms with van der Waals surface area (Å²) in [4.78, 5) is 11.3. The second kappa shape index (κ2) is 11.1. The minimum absolute atomic E-state index is 0.0820. The number of allylic oxidation sites excluding steroid dienone is 1. The van der Waals surface area contributed by atoms with Crippen LogP contribution in [0.4, 0.5) is 0 Å². The fourth-order valence-electron chi connectivity index (χ4n) is 2.79. The Morgan fingerprint density at radius 3 is 1.92 bits per heavy atom. The molecule has 0 aliphatic rings. The number of carbonyl (C=O) groups excluding carboxylic acids is 1. The molecule has 0 saturated carbocycles. The van der Waals surface area contributed by atoms with E-state index in [2.05, 4.69) is 19.2 Å². The van der Waals surface area contributed by atoms with Crippen molar-refractivity contribution in [2.24, 2.45) is 0 Å². The van der Waals surface area contributed by atoms with Gasteiger partial charge in [0.1, 0.15) is 5.03 Å². The summed E-state index contributed by atoms with van der Waals surface area (Å²) in [6.07, 6.45) is 8.01. The van der Waals surface area contributed by atoms with Crippen molar-refractivity contribution in [3.63, 3.8) is 0 Å². The maximum absolute atomic E-state index is 13.1. The molecule has 1 N–H and O–H groups in total. The average molecular weight is 366 g/mol. The second-order valence-corrected chi connectivity index (χ2v) is 8.31. The summed E-state index contributed by atoms with van der Waals surface area (Å²) < 4.78 is 26.1. The van der Waals surface area contributed by atoms with Gasteiger partial charge in [0.05, 0.1) is 4.90 Å². The van der Waals surface area contributed by atoms with E-state index < -0.39 is 9.84 Å². The highest BCUT2D eigenvalue weighted by molar-refractivity contribution is 7.95. The van der Waals surface area contributed by atoms with Crippen molar-refractivity contribution in [1.82, 2.24) is 5.32 Å². The van der Waals surface area contributed by atoms with Crippen LogP contribution in [0.5, 0.6) is 0 Å². The number of unbranched alkanes of at least 4 members (excludes halogenated alkanes) is 4. The van der Waals surface area contributed by atoms with Gasteiger partial charge in [0.2, 0.25) is 16.2 Å². The molecule has 5 heteroatoms. The molecule has 0 heterocycles. The van der Waals surface area contributed by atoms with Crippen molar-refractivity contribution < 1.29 is 13.2 Å². The highest BCUT2D eigenvalue weighted by atomic mass is 32.2. The third-order valence-electron chi connectivity index (χ3n) is 4.28. The number of hydrogen-bond acceptors (Lipinski definition) is 3. The van der Waals surface area contributed by atoms with Gasteiger partial charge in [0.15, 0.2) is 0 Å². The zero-order valence-corrected chi connectivity index (χ0v) is 16.5. The molecule has 1 amide bonds. The number of hydrogen-bond donors (Lipinski definition) is 1. The second-order valence-electron chi connectivity index (χ2n) is 6.43. The minimum atomic E-state index is -3.72. The van der Waals surface area contributed by atoms with E-state index in [1.165, 1.54) is 0 Å². The molecule has 1 aromatic carbocycles. The van der Waals surface area contributed by atoms with Crippen molar-refractivity contribution in [3.05, 3.63) is 40.4 Å². The van der Waals surface area contributed by atoms with E-state index in [0.29, 0.717) is 19.3 Å². The zero-order valence-electron chi connectivity index (χ0n) is 15.7. The Morgan fingerprint density at radius 2 is 1.48 bits per heavy atom. The van der Waals surface area contributed by atoms with E-state index in [1.54, 1.807) is 24.3 Å². The minimum Gasteiger partial charge on any atom is -0.319 e. The summed E-state index contributed by atoms with van der Waals surface area (Å²) in [5.74, 6) is 0. The lowest BCUT2D eigenvalue weighted by atomic mass is 10.0. The number of rotatable bonds is 12. The van der Waals surface area contributed by atoms with Crippen molar-refractivity contribution in [1.29, 1.82) is 0 Å². The number of nitrogens with one attached hydrogen (secondary N) is 1. The summed E-state index contributed by atoms with van der Waals surface area (Å²) in [6, 6.07) is 6.76. The molecule has 140 valence electrons. The smallest absolute Gasteiger partial charge is 0.221 e. The molecule has 0 aromatic heterocycles. The van der Waals surface area contributed by atoms with Gasteiger partial charge < -0.3 is 5.32 Å². The summed E-state index contributed by atoms with van der Waals surface area (Å²) in [5, 5.41) is 2.58. The quantitative estimate of drug-likeness (QED) is 0.424. The van der Waals surface area contributed by atoms with Crippen molar-refractivity contribution in [2.45, 2.75) is 77.0 Å². The van der Waals surface area contributed by atoms with E-state index in [9.17, 15) is 13.2 Å². The number of amides is 1. The van der Waals surface area contributed by atoms with Crippen LogP contribution >= 0.6 is 0 Å². The van der Waals surface area contributed by atoms with Gasteiger partial charge in [-0.15, -0.1) is 0 Å². The van der Waals surface area contributed by atoms with Crippen LogP contribution in [0.2, 0.25) is 0 Å². The predicted molar refractivity (Wildman–Crippen MR) is 103 cm³/mol. The molecule has 25 heavy (non-hydrogen) atoms. The van der Waals surface area contributed by atoms with E-state index in [1.807, 2.05) is 6.92 Å². The summed E-state index contributed by atoms with van der Waals surface area (Å²) in [7, 11) is -3.72. The van der Waals surface area contributed by atoms with Crippen molar-refractivity contribution in [3.8, 4) is 0 Å². The normalized spacial score (nSPS) is 11.2. The zero-order chi connectivity index (χ0) is 18.7. The number of carbonyl (C=O) groups is 1. The first-order valence-electron chi connectivity index (χ1n) is 9.21. The fourth-order valence-corrected chi connectivity index (χ4v) is 4.30. The maximum atomic E-state index is 13.1. The van der Waals surface area contributed by atoms with Gasteiger partial charge in [-0.25, -0.2) is 8.42 Å². The Bertz CT molecular complexity index is 649. The number of aryl methyl sites for hydroxylation is 1. The molecule has 0 fully saturated rings. The van der Waals surface area contributed by atoms with Gasteiger partial charge in [0, 0.05) is 0 Å². The molecule has 0 spiro atoms. The lowest BCUT2D eigenvalue weighted by Crippen LogP contribution is -2.22. The summed E-state index contributed by atoms with van der Waals surface area (Å²) in [6.45, 7) is 6.15. The molecule has 0 unspecified atom stereocenters. The average Bonchev–Trinajstić information content (AvgIpc) is 2.59. The molecule has 4 nitrogen and oxygen atoms in total. The monoisotopic (exact) mass is 365 g/mol. The van der Waals surface area contributed by atoms with Gasteiger partial charge in [-0.2, -0.15) is 0 Å². The first-order valence-corrected chi connectivity index (χ1v) is 10.7. The van der Waals surface area contributed by atoms with Crippen LogP contribution in [0, 0.1) is 6.92 Å². The van der Waals surface area contributed by atoms with Gasteiger partial charge in [-0.05, 0) is 50.3 Å². The topological polar surface area (TPSA) is 63.2 Å². The van der Waals surface area contributed by atoms with Crippen LogP contribution in [0.15, 0.2) is 39.8 Å². The molecule has 1 aromatic rings. The van der Waals surface area contributed by atoms with E-state index in [0.717, 1.165) is 49.7 Å². The lowest BCUT2D eigenvalue weighted by Gasteiger charge is -2.16. The van der Waals surface area contributed by atoms with Gasteiger partial charge >= 0.3 is 0 Å². The number of benzene rings is 1. The highest BCUT2D eigenvalue weighted by Gasteiger charge is 2.24. The van der Waals surface area contributed by atoms with E-state index in [-0.39, 0.29) is 9.92 Å². The Kier molecular flexibility index (Phi) is 9.50. The van der Waals surface area contributed by atoms with Gasteiger partial charge in [-0.3, -0.25) is 4.79 Å². The largest absolute Gasteiger partial charge is 0.319 e. The summed E-state index contributed by atoms with van der Waals surface area (Å²) >= 11 is 0. The lowest BCUT2D eigenvalue weighted by molar-refractivity contribution is -0.108. The number of sulfone groups is 1. The van der Waals surface area contributed by atoms with Crippen LogP contribution in [0.1, 0.15) is 70.8 Å². The molecule has 0 radical (unpaired) electrons. The Labute approximate surface area is 152 Å². The van der Waals surface area contributed by atoms with Crippen molar-refractivity contribution >= 4 is 16.2 Å². The van der Waals surface area contributed by atoms with Crippen LogP contribution in [0.25, 0.3) is 0 Å². The molecule has 1 rings (SSSR count). The van der Waals surface area contributed by atoms with Crippen LogP contribution in [0.3, 0.4) is 0 Å². The van der Waals surface area contributed by atoms with Crippen LogP contribution < -0.4 is 5.32 Å². The molecule has 0 aliphatic heterocycles. The van der Waals surface area contributed by atoms with Crippen LogP contribution in [-0.4, -0.2) is 14.8 Å². The maximum Gasteiger partial charge on any atom is 0.221 e. The SMILES string of the molecule is CCCCCC(CCCCC)=C(NC=O)S(=O)(=O)c1ccc(C)cc1. The Balaban J connectivity index is 3.26. The molecule has 0 bridgehead atoms. The first-order chi connectivity index (χ1) is 12.0. The Morgan fingerprint density at radius 1 is 0.960 bits per heavy atom. The summed E-state index contributed by atoms with van der Waals surface area (Å²) in [5.41, 5.74) is 1.84. The van der Waals surface area contributed by atoms with E-state index in [4.69, 9.17) is 0 Å². The Hall–Kier alpha value is -1.62. The molecular formula is C20H31NO3S. The first kappa shape index (κ1) is 21.4. The molecule has 0 saturated heterocycles. The molecule has 0 atom stereocenters. The standard InChI is InChI=1S/C20H31NO3S/c1-4-6-8-10-18(11-9-7-5-2)20(21-16-22)25(23,24)19-14-12-17(3)13-15-19/h12-16H,4-11H2,1-3H3,(H,21,22).